The fourth-order valence-electron chi connectivity index (χ4n) is 4.76. The maximum Gasteiger partial charge on any atom is 0.164 e. The number of nitrogens with zero attached hydrogens (tertiary/aromatic N) is 3. The molecule has 0 spiro atoms. The zero-order chi connectivity index (χ0) is 25.5. The second-order valence-corrected chi connectivity index (χ2v) is 10.6. The fraction of sp³-hybridized carbons (Fsp3) is 0. The fourth-order valence-corrected chi connectivity index (χ4v) is 6.02. The molecule has 5 aromatic carbocycles. The van der Waals surface area contributed by atoms with Crippen LogP contribution in [0.25, 0.3) is 65.5 Å². The molecule has 0 saturated carbocycles. The van der Waals surface area contributed by atoms with Crippen molar-refractivity contribution in [3.05, 3.63) is 126 Å². The van der Waals surface area contributed by atoms with Crippen LogP contribution in [0.5, 0.6) is 0 Å². The molecule has 2 heterocycles. The molecule has 0 bridgehead atoms. The first-order chi connectivity index (χ1) is 18.7. The average Bonchev–Trinajstić information content (AvgIpc) is 3.37. The number of hydrogen-bond acceptors (Lipinski definition) is 4. The molecule has 38 heavy (non-hydrogen) atoms. The topological polar surface area (TPSA) is 38.7 Å². The van der Waals surface area contributed by atoms with Crippen LogP contribution in [-0.4, -0.2) is 15.0 Å². The Hall–Kier alpha value is -4.38. The molecule has 0 saturated heterocycles. The summed E-state index contributed by atoms with van der Waals surface area (Å²) in [5.41, 5.74) is 5.12. The van der Waals surface area contributed by atoms with E-state index in [4.69, 9.17) is 26.6 Å². The van der Waals surface area contributed by atoms with Crippen LogP contribution < -0.4 is 0 Å². The van der Waals surface area contributed by atoms with Crippen molar-refractivity contribution in [1.82, 2.24) is 15.0 Å². The van der Waals surface area contributed by atoms with E-state index < -0.39 is 0 Å². The SMILES string of the molecule is Clc1ccc(-c2ccc(-c3nc(-c4ccccc4)nc(-c4cccc5sc6ccccc6c45)n3)cc2)cc1. The molecule has 7 rings (SSSR count). The van der Waals surface area contributed by atoms with Gasteiger partial charge in [0, 0.05) is 41.9 Å². The molecule has 7 aromatic rings. The Morgan fingerprint density at radius 1 is 0.447 bits per heavy atom. The van der Waals surface area contributed by atoms with E-state index in [1.165, 1.54) is 20.2 Å². The summed E-state index contributed by atoms with van der Waals surface area (Å²) in [6.45, 7) is 0. The van der Waals surface area contributed by atoms with Gasteiger partial charge < -0.3 is 0 Å². The molecule has 0 N–H and O–H groups in total. The van der Waals surface area contributed by atoms with Crippen molar-refractivity contribution in [2.45, 2.75) is 0 Å². The third-order valence-corrected chi connectivity index (χ3v) is 8.02. The van der Waals surface area contributed by atoms with Crippen LogP contribution in [0.3, 0.4) is 0 Å². The van der Waals surface area contributed by atoms with Gasteiger partial charge in [-0.15, -0.1) is 11.3 Å². The zero-order valence-electron chi connectivity index (χ0n) is 20.2. The lowest BCUT2D eigenvalue weighted by molar-refractivity contribution is 1.08. The highest BCUT2D eigenvalue weighted by Crippen LogP contribution is 2.39. The molecule has 0 aliphatic carbocycles. The summed E-state index contributed by atoms with van der Waals surface area (Å²) in [6, 6.07) is 41.1. The Labute approximate surface area is 229 Å². The van der Waals surface area contributed by atoms with Gasteiger partial charge in [-0.05, 0) is 35.4 Å². The van der Waals surface area contributed by atoms with Gasteiger partial charge in [0.2, 0.25) is 0 Å². The molecular weight excluding hydrogens is 506 g/mol. The smallest absolute Gasteiger partial charge is 0.164 e. The van der Waals surface area contributed by atoms with Crippen molar-refractivity contribution in [2.24, 2.45) is 0 Å². The molecule has 0 aliphatic heterocycles. The van der Waals surface area contributed by atoms with Gasteiger partial charge in [0.1, 0.15) is 0 Å². The van der Waals surface area contributed by atoms with Crippen molar-refractivity contribution in [1.29, 1.82) is 0 Å². The van der Waals surface area contributed by atoms with E-state index in [9.17, 15) is 0 Å². The summed E-state index contributed by atoms with van der Waals surface area (Å²) >= 11 is 7.87. The van der Waals surface area contributed by atoms with Gasteiger partial charge >= 0.3 is 0 Å². The monoisotopic (exact) mass is 525 g/mol. The van der Waals surface area contributed by atoms with Crippen LogP contribution in [0.4, 0.5) is 0 Å². The third kappa shape index (κ3) is 4.14. The highest BCUT2D eigenvalue weighted by Gasteiger charge is 2.16. The van der Waals surface area contributed by atoms with Gasteiger partial charge in [-0.3, -0.25) is 0 Å². The van der Waals surface area contributed by atoms with Gasteiger partial charge in [-0.2, -0.15) is 0 Å². The molecule has 0 amide bonds. The molecule has 180 valence electrons. The zero-order valence-corrected chi connectivity index (χ0v) is 21.7. The van der Waals surface area contributed by atoms with Crippen molar-refractivity contribution < 1.29 is 0 Å². The second kappa shape index (κ2) is 9.49. The predicted octanol–water partition coefficient (Wildman–Crippen LogP) is 9.56. The number of aromatic nitrogens is 3. The first kappa shape index (κ1) is 22.8. The van der Waals surface area contributed by atoms with Gasteiger partial charge in [0.25, 0.3) is 0 Å². The molecular formula is C33H20ClN3S. The van der Waals surface area contributed by atoms with Gasteiger partial charge in [0.15, 0.2) is 17.5 Å². The third-order valence-electron chi connectivity index (χ3n) is 6.63. The summed E-state index contributed by atoms with van der Waals surface area (Å²) in [4.78, 5) is 14.9. The Morgan fingerprint density at radius 2 is 1.00 bits per heavy atom. The first-order valence-corrected chi connectivity index (χ1v) is 13.5. The molecule has 0 fully saturated rings. The second-order valence-electron chi connectivity index (χ2n) is 9.03. The highest BCUT2D eigenvalue weighted by atomic mass is 35.5. The Morgan fingerprint density at radius 3 is 1.74 bits per heavy atom. The van der Waals surface area contributed by atoms with E-state index in [2.05, 4.69) is 66.7 Å². The lowest BCUT2D eigenvalue weighted by atomic mass is 10.0. The van der Waals surface area contributed by atoms with Crippen LogP contribution in [0.2, 0.25) is 5.02 Å². The van der Waals surface area contributed by atoms with E-state index in [-0.39, 0.29) is 0 Å². The van der Waals surface area contributed by atoms with Crippen LogP contribution in [0, 0.1) is 0 Å². The minimum Gasteiger partial charge on any atom is -0.208 e. The summed E-state index contributed by atoms with van der Waals surface area (Å²) < 4.78 is 2.48. The number of rotatable bonds is 4. The predicted molar refractivity (Wildman–Crippen MR) is 159 cm³/mol. The highest BCUT2D eigenvalue weighted by molar-refractivity contribution is 7.25. The van der Waals surface area contributed by atoms with Crippen molar-refractivity contribution in [3.63, 3.8) is 0 Å². The molecule has 0 unspecified atom stereocenters. The largest absolute Gasteiger partial charge is 0.208 e. The Balaban J connectivity index is 1.41. The van der Waals surface area contributed by atoms with E-state index >= 15 is 0 Å². The van der Waals surface area contributed by atoms with Crippen LogP contribution in [0.1, 0.15) is 0 Å². The first-order valence-electron chi connectivity index (χ1n) is 12.3. The quantitative estimate of drug-likeness (QED) is 0.229. The molecule has 0 radical (unpaired) electrons. The summed E-state index contributed by atoms with van der Waals surface area (Å²) in [7, 11) is 0. The minimum atomic E-state index is 0.646. The maximum absolute atomic E-state index is 6.07. The van der Waals surface area contributed by atoms with Gasteiger partial charge in [-0.25, -0.2) is 15.0 Å². The molecule has 0 aliphatic rings. The number of fused-ring (bicyclic) bond motifs is 3. The maximum atomic E-state index is 6.07. The molecule has 2 aromatic heterocycles. The lowest BCUT2D eigenvalue weighted by Gasteiger charge is -2.10. The van der Waals surface area contributed by atoms with E-state index in [1.807, 2.05) is 54.6 Å². The summed E-state index contributed by atoms with van der Waals surface area (Å²) in [6.07, 6.45) is 0. The van der Waals surface area contributed by atoms with Crippen LogP contribution in [0.15, 0.2) is 121 Å². The van der Waals surface area contributed by atoms with Crippen LogP contribution >= 0.6 is 22.9 Å². The van der Waals surface area contributed by atoms with Crippen molar-refractivity contribution in [3.8, 4) is 45.3 Å². The molecule has 5 heteroatoms. The Kier molecular flexibility index (Phi) is 5.69. The molecule has 3 nitrogen and oxygen atoms in total. The van der Waals surface area contributed by atoms with Crippen molar-refractivity contribution in [2.75, 3.05) is 0 Å². The number of hydrogen-bond donors (Lipinski definition) is 0. The summed E-state index contributed by atoms with van der Waals surface area (Å²) in [5.74, 6) is 1.97. The standard InChI is InChI=1S/C33H20ClN3S/c34-25-19-17-22(18-20-25)21-13-15-24(16-14-21)32-35-31(23-7-2-1-3-8-23)36-33(37-32)27-10-6-12-29-30(27)26-9-4-5-11-28(26)38-29/h1-20H. The normalized spacial score (nSPS) is 11.3. The van der Waals surface area contributed by atoms with E-state index in [0.717, 1.165) is 32.8 Å². The van der Waals surface area contributed by atoms with E-state index in [1.54, 1.807) is 11.3 Å². The van der Waals surface area contributed by atoms with E-state index in [0.29, 0.717) is 17.5 Å². The van der Waals surface area contributed by atoms with Gasteiger partial charge in [-0.1, -0.05) is 109 Å². The average molecular weight is 526 g/mol. The number of thiophene rings is 1. The van der Waals surface area contributed by atoms with Crippen LogP contribution in [-0.2, 0) is 0 Å². The lowest BCUT2D eigenvalue weighted by Crippen LogP contribution is -2.00. The molecule has 0 atom stereocenters. The minimum absolute atomic E-state index is 0.646. The Bertz CT molecular complexity index is 1910. The van der Waals surface area contributed by atoms with Crippen molar-refractivity contribution >= 4 is 43.1 Å². The van der Waals surface area contributed by atoms with Gasteiger partial charge in [0.05, 0.1) is 0 Å². The number of halogens is 1. The summed E-state index contributed by atoms with van der Waals surface area (Å²) in [5, 5.41) is 3.13. The number of benzene rings is 5.